The molecule has 2 aromatic heterocycles. The number of anilines is 2. The maximum absolute atomic E-state index is 12.3. The molecule has 0 saturated carbocycles. The zero-order chi connectivity index (χ0) is 15.8. The Balaban J connectivity index is 0.00000169. The van der Waals surface area contributed by atoms with Gasteiger partial charge in [0.05, 0.1) is 6.54 Å². The van der Waals surface area contributed by atoms with Gasteiger partial charge >= 0.3 is 5.69 Å². The summed E-state index contributed by atoms with van der Waals surface area (Å²) in [7, 11) is 0. The number of hydrogen-bond acceptors (Lipinski definition) is 4. The van der Waals surface area contributed by atoms with Crippen LogP contribution in [0.4, 0.5) is 11.4 Å². The minimum Gasteiger partial charge on any atom is -0.398 e. The van der Waals surface area contributed by atoms with E-state index in [0.29, 0.717) is 12.2 Å². The molecule has 0 atom stereocenters. The Bertz CT molecular complexity index is 917. The largest absolute Gasteiger partial charge is 0.398 e. The van der Waals surface area contributed by atoms with Crippen LogP contribution in [0.5, 0.6) is 0 Å². The summed E-state index contributed by atoms with van der Waals surface area (Å²) < 4.78 is 3.11. The maximum atomic E-state index is 12.3. The third-order valence-corrected chi connectivity index (χ3v) is 4.45. The van der Waals surface area contributed by atoms with Crippen molar-refractivity contribution in [1.29, 1.82) is 0 Å². The van der Waals surface area contributed by atoms with E-state index in [1.807, 2.05) is 30.3 Å². The minimum absolute atomic E-state index is 0. The summed E-state index contributed by atoms with van der Waals surface area (Å²) in [5.74, 6) is 0. The molecule has 126 valence electrons. The number of nitrogens with two attached hydrogens (primary N) is 1. The van der Waals surface area contributed by atoms with Crippen molar-refractivity contribution in [3.63, 3.8) is 0 Å². The van der Waals surface area contributed by atoms with Gasteiger partial charge < -0.3 is 10.6 Å². The molecule has 0 bridgehead atoms. The quantitative estimate of drug-likeness (QED) is 0.737. The molecule has 7 heteroatoms. The summed E-state index contributed by atoms with van der Waals surface area (Å²) in [5, 5.41) is 4.39. The van der Waals surface area contributed by atoms with Gasteiger partial charge in [0.25, 0.3) is 0 Å². The third kappa shape index (κ3) is 2.73. The summed E-state index contributed by atoms with van der Waals surface area (Å²) in [6.07, 6.45) is 3.85. The van der Waals surface area contributed by atoms with Crippen molar-refractivity contribution in [3.8, 4) is 0 Å². The standard InChI is InChI=1S/C17H19N5O.ClH/c18-14-6-3-7-15-13(14)5-4-9-20(15)11-12-22-17(23)21-10-2-1-8-16(21)19-22;/h1-3,6-8,10H,4-5,9,11-12,18H2;1H. The summed E-state index contributed by atoms with van der Waals surface area (Å²) in [4.78, 5) is 14.6. The highest BCUT2D eigenvalue weighted by molar-refractivity contribution is 5.85. The van der Waals surface area contributed by atoms with E-state index in [0.717, 1.165) is 31.6 Å². The molecule has 24 heavy (non-hydrogen) atoms. The molecule has 0 unspecified atom stereocenters. The lowest BCUT2D eigenvalue weighted by Gasteiger charge is -2.31. The lowest BCUT2D eigenvalue weighted by atomic mass is 10.00. The topological polar surface area (TPSA) is 68.6 Å². The first-order valence-corrected chi connectivity index (χ1v) is 7.90. The molecule has 0 radical (unpaired) electrons. The zero-order valence-corrected chi connectivity index (χ0v) is 14.1. The molecule has 0 aliphatic carbocycles. The normalized spacial score (nSPS) is 13.6. The van der Waals surface area contributed by atoms with Crippen LogP contribution in [0.1, 0.15) is 12.0 Å². The Morgan fingerprint density at radius 1 is 1.12 bits per heavy atom. The van der Waals surface area contributed by atoms with E-state index in [9.17, 15) is 4.79 Å². The number of benzene rings is 1. The van der Waals surface area contributed by atoms with E-state index in [1.54, 1.807) is 10.6 Å². The van der Waals surface area contributed by atoms with Gasteiger partial charge in [0.15, 0.2) is 5.65 Å². The fraction of sp³-hybridized carbons (Fsp3) is 0.294. The molecule has 0 spiro atoms. The van der Waals surface area contributed by atoms with Crippen LogP contribution >= 0.6 is 12.4 Å². The van der Waals surface area contributed by atoms with Crippen molar-refractivity contribution in [2.45, 2.75) is 19.4 Å². The van der Waals surface area contributed by atoms with Crippen molar-refractivity contribution in [1.82, 2.24) is 14.2 Å². The number of rotatable bonds is 3. The van der Waals surface area contributed by atoms with Crippen molar-refractivity contribution >= 4 is 29.4 Å². The lowest BCUT2D eigenvalue weighted by Crippen LogP contribution is -2.35. The van der Waals surface area contributed by atoms with Gasteiger partial charge in [-0.15, -0.1) is 17.5 Å². The molecule has 2 N–H and O–H groups in total. The van der Waals surface area contributed by atoms with E-state index in [-0.39, 0.29) is 18.1 Å². The summed E-state index contributed by atoms with van der Waals surface area (Å²) >= 11 is 0. The Hall–Kier alpha value is -2.47. The molecule has 0 fully saturated rings. The van der Waals surface area contributed by atoms with E-state index in [1.165, 1.54) is 15.9 Å². The highest BCUT2D eigenvalue weighted by atomic mass is 35.5. The molecular formula is C17H20ClN5O. The van der Waals surface area contributed by atoms with Crippen LogP contribution in [0.2, 0.25) is 0 Å². The fourth-order valence-electron chi connectivity index (χ4n) is 3.29. The second kappa shape index (κ2) is 6.57. The fourth-order valence-corrected chi connectivity index (χ4v) is 3.29. The number of nitrogens with zero attached hydrogens (tertiary/aromatic N) is 4. The van der Waals surface area contributed by atoms with Crippen molar-refractivity contribution in [2.75, 3.05) is 23.7 Å². The van der Waals surface area contributed by atoms with Gasteiger partial charge in [-0.25, -0.2) is 9.48 Å². The number of hydrogen-bond donors (Lipinski definition) is 1. The van der Waals surface area contributed by atoms with Crippen LogP contribution in [-0.2, 0) is 13.0 Å². The first kappa shape index (κ1) is 16.4. The number of fused-ring (bicyclic) bond motifs is 2. The molecule has 4 rings (SSSR count). The number of pyridine rings is 1. The van der Waals surface area contributed by atoms with Gasteiger partial charge in [-0.05, 0) is 42.7 Å². The summed E-state index contributed by atoms with van der Waals surface area (Å²) in [6, 6.07) is 11.6. The second-order valence-corrected chi connectivity index (χ2v) is 5.87. The number of nitrogen functional groups attached to an aromatic ring is 1. The molecule has 1 aliphatic heterocycles. The first-order chi connectivity index (χ1) is 11.2. The minimum atomic E-state index is -0.0922. The van der Waals surface area contributed by atoms with Gasteiger partial charge in [-0.1, -0.05) is 12.1 Å². The average Bonchev–Trinajstić information content (AvgIpc) is 2.90. The average molecular weight is 346 g/mol. The molecule has 1 aliphatic rings. The Kier molecular flexibility index (Phi) is 4.49. The molecule has 3 heterocycles. The van der Waals surface area contributed by atoms with Crippen molar-refractivity contribution in [2.24, 2.45) is 0 Å². The molecule has 0 amide bonds. The van der Waals surface area contributed by atoms with Gasteiger partial charge in [-0.3, -0.25) is 4.40 Å². The Morgan fingerprint density at radius 3 is 2.83 bits per heavy atom. The smallest absolute Gasteiger partial charge is 0.350 e. The van der Waals surface area contributed by atoms with Crippen LogP contribution < -0.4 is 16.3 Å². The van der Waals surface area contributed by atoms with Crippen LogP contribution in [0.15, 0.2) is 47.4 Å². The third-order valence-electron chi connectivity index (χ3n) is 4.45. The molecule has 6 nitrogen and oxygen atoms in total. The van der Waals surface area contributed by atoms with Crippen molar-refractivity contribution < 1.29 is 0 Å². The predicted octanol–water partition coefficient (Wildman–Crippen LogP) is 1.95. The molecule has 0 saturated heterocycles. The zero-order valence-electron chi connectivity index (χ0n) is 13.3. The monoisotopic (exact) mass is 345 g/mol. The summed E-state index contributed by atoms with van der Waals surface area (Å²) in [6.45, 7) is 2.30. The van der Waals surface area contributed by atoms with E-state index in [2.05, 4.69) is 16.1 Å². The van der Waals surface area contributed by atoms with Gasteiger partial charge in [0, 0.05) is 30.7 Å². The van der Waals surface area contributed by atoms with Gasteiger partial charge in [-0.2, -0.15) is 0 Å². The Labute approximate surface area is 145 Å². The maximum Gasteiger partial charge on any atom is 0.350 e. The van der Waals surface area contributed by atoms with Crippen LogP contribution in [0, 0.1) is 0 Å². The molecule has 3 aromatic rings. The van der Waals surface area contributed by atoms with Crippen LogP contribution in [0.3, 0.4) is 0 Å². The van der Waals surface area contributed by atoms with Gasteiger partial charge in [0.1, 0.15) is 0 Å². The highest BCUT2D eigenvalue weighted by Crippen LogP contribution is 2.30. The highest BCUT2D eigenvalue weighted by Gasteiger charge is 2.18. The van der Waals surface area contributed by atoms with E-state index in [4.69, 9.17) is 5.73 Å². The lowest BCUT2D eigenvalue weighted by molar-refractivity contribution is 0.564. The molecule has 1 aromatic carbocycles. The SMILES string of the molecule is Cl.Nc1cccc2c1CCCN2CCn1nc2ccccn2c1=O. The summed E-state index contributed by atoms with van der Waals surface area (Å²) in [5.41, 5.74) is 9.95. The van der Waals surface area contributed by atoms with E-state index < -0.39 is 0 Å². The Morgan fingerprint density at radius 2 is 2.00 bits per heavy atom. The second-order valence-electron chi connectivity index (χ2n) is 5.87. The first-order valence-electron chi connectivity index (χ1n) is 7.90. The van der Waals surface area contributed by atoms with Gasteiger partial charge in [0.2, 0.25) is 0 Å². The van der Waals surface area contributed by atoms with E-state index >= 15 is 0 Å². The van der Waals surface area contributed by atoms with Crippen molar-refractivity contribution in [3.05, 3.63) is 58.6 Å². The predicted molar refractivity (Wildman–Crippen MR) is 98.1 cm³/mol. The number of aromatic nitrogens is 3. The number of halogens is 1. The molecular weight excluding hydrogens is 326 g/mol. The van der Waals surface area contributed by atoms with Crippen LogP contribution in [-0.4, -0.2) is 27.3 Å². The van der Waals surface area contributed by atoms with Crippen LogP contribution in [0.25, 0.3) is 5.65 Å².